The zero-order valence-electron chi connectivity index (χ0n) is 16.1. The summed E-state index contributed by atoms with van der Waals surface area (Å²) in [6, 6.07) is -0.986. The van der Waals surface area contributed by atoms with Gasteiger partial charge in [-0.05, 0) is 5.57 Å². The number of nitrogen functional groups attached to an aromatic ring is 1. The number of rotatable bonds is 8. The van der Waals surface area contributed by atoms with E-state index in [1.54, 1.807) is 0 Å². The van der Waals surface area contributed by atoms with E-state index in [1.165, 1.54) is 23.2 Å². The van der Waals surface area contributed by atoms with Crippen molar-refractivity contribution in [2.24, 2.45) is 5.16 Å². The summed E-state index contributed by atoms with van der Waals surface area (Å²) in [6.07, 6.45) is 1.39. The Morgan fingerprint density at radius 2 is 2.26 bits per heavy atom. The minimum absolute atomic E-state index is 0.0878. The Morgan fingerprint density at radius 3 is 2.84 bits per heavy atom. The highest BCUT2D eigenvalue weighted by molar-refractivity contribution is 8.00. The number of nitrogens with zero attached hydrogens (tertiary/aromatic N) is 3. The van der Waals surface area contributed by atoms with Gasteiger partial charge in [0.1, 0.15) is 22.8 Å². The second kappa shape index (κ2) is 9.18. The summed E-state index contributed by atoms with van der Waals surface area (Å²) in [4.78, 5) is 58.2. The van der Waals surface area contributed by atoms with Crippen LogP contribution in [0.4, 0.5) is 5.13 Å². The van der Waals surface area contributed by atoms with E-state index in [9.17, 15) is 24.3 Å². The first-order valence-electron chi connectivity index (χ1n) is 8.61. The Labute approximate surface area is 183 Å². The minimum atomic E-state index is -1.25. The average Bonchev–Trinajstić information content (AvgIpc) is 3.18. The van der Waals surface area contributed by atoms with Gasteiger partial charge in [-0.3, -0.25) is 14.5 Å². The number of nitrogens with one attached hydrogen (secondary N) is 1. The smallest absolute Gasteiger partial charge is 0.352 e. The summed E-state index contributed by atoms with van der Waals surface area (Å²) in [5.41, 5.74) is 5.66. The van der Waals surface area contributed by atoms with Crippen LogP contribution in [0.15, 0.2) is 34.5 Å². The van der Waals surface area contributed by atoms with E-state index in [-0.39, 0.29) is 22.2 Å². The van der Waals surface area contributed by atoms with Crippen LogP contribution in [0.3, 0.4) is 0 Å². The number of oxime groups is 1. The molecule has 2 amide bonds. The number of hydrogen-bond acceptors (Lipinski definition) is 11. The largest absolute Gasteiger partial charge is 0.477 e. The number of fused-ring (bicyclic) bond motifs is 1. The lowest BCUT2D eigenvalue weighted by Gasteiger charge is -2.49. The number of hydrogen-bond donors (Lipinski definition) is 3. The molecule has 0 aliphatic carbocycles. The van der Waals surface area contributed by atoms with E-state index in [0.29, 0.717) is 11.3 Å². The number of ether oxygens (including phenoxy) is 1. The van der Waals surface area contributed by atoms with Crippen LogP contribution in [0.2, 0.25) is 0 Å². The van der Waals surface area contributed by atoms with Crippen molar-refractivity contribution in [3.63, 3.8) is 0 Å². The van der Waals surface area contributed by atoms with Gasteiger partial charge in [0.15, 0.2) is 10.8 Å². The zero-order chi connectivity index (χ0) is 22.7. The maximum absolute atomic E-state index is 12.8. The van der Waals surface area contributed by atoms with Crippen molar-refractivity contribution in [2.75, 3.05) is 25.2 Å². The first-order chi connectivity index (χ1) is 14.8. The Balaban J connectivity index is 1.78. The van der Waals surface area contributed by atoms with Crippen molar-refractivity contribution in [1.82, 2.24) is 15.2 Å². The van der Waals surface area contributed by atoms with Crippen LogP contribution < -0.4 is 11.1 Å². The number of β-lactam (4-membered cyclic amide) rings is 1. The number of aliphatic carboxylic acids is 1. The molecule has 1 fully saturated rings. The number of allylic oxidation sites excluding steroid dienone is 1. The summed E-state index contributed by atoms with van der Waals surface area (Å²) < 4.78 is 4.43. The summed E-state index contributed by atoms with van der Waals surface area (Å²) in [6.45, 7) is 3.03. The van der Waals surface area contributed by atoms with E-state index in [4.69, 9.17) is 10.6 Å². The van der Waals surface area contributed by atoms with Gasteiger partial charge in [-0.2, -0.15) is 0 Å². The fourth-order valence-electron chi connectivity index (χ4n) is 2.82. The van der Waals surface area contributed by atoms with Crippen LogP contribution in [0, 0.1) is 0 Å². The van der Waals surface area contributed by atoms with Gasteiger partial charge >= 0.3 is 11.9 Å². The molecule has 2 aliphatic rings. The predicted molar refractivity (Wildman–Crippen MR) is 111 cm³/mol. The highest BCUT2D eigenvalue weighted by Gasteiger charge is 2.54. The van der Waals surface area contributed by atoms with Gasteiger partial charge in [-0.15, -0.1) is 23.1 Å². The molecule has 0 saturated carbocycles. The highest BCUT2D eigenvalue weighted by Crippen LogP contribution is 2.40. The van der Waals surface area contributed by atoms with Crippen LogP contribution >= 0.6 is 23.1 Å². The Hall–Kier alpha value is -3.39. The molecule has 14 heteroatoms. The van der Waals surface area contributed by atoms with E-state index < -0.39 is 41.8 Å². The van der Waals surface area contributed by atoms with Gasteiger partial charge in [-0.1, -0.05) is 17.8 Å². The summed E-state index contributed by atoms with van der Waals surface area (Å²) in [5, 5.41) is 16.7. The maximum atomic E-state index is 12.8. The molecule has 0 unspecified atom stereocenters. The molecule has 1 aromatic heterocycles. The third kappa shape index (κ3) is 4.39. The van der Waals surface area contributed by atoms with E-state index in [0.717, 1.165) is 23.3 Å². The molecule has 0 aromatic carbocycles. The molecule has 0 radical (unpaired) electrons. The molecule has 12 nitrogen and oxygen atoms in total. The molecule has 0 spiro atoms. The molecule has 3 rings (SSSR count). The summed E-state index contributed by atoms with van der Waals surface area (Å²) in [7, 11) is 1.16. The molecule has 3 heterocycles. The maximum Gasteiger partial charge on any atom is 0.352 e. The number of aromatic nitrogens is 1. The SMILES string of the molecule is C=CC1=C(C(=O)O)N2C(=O)[C@H](NC(=O)/C(=N\OCC(=O)OC)c3csc(N)n3)[C@H]2SC1. The first kappa shape index (κ1) is 22.3. The zero-order valence-corrected chi connectivity index (χ0v) is 17.7. The molecular weight excluding hydrogens is 450 g/mol. The molecular formula is C17H17N5O7S2. The van der Waals surface area contributed by atoms with Gasteiger partial charge in [0, 0.05) is 11.1 Å². The van der Waals surface area contributed by atoms with Crippen LogP contribution in [0.5, 0.6) is 0 Å². The van der Waals surface area contributed by atoms with Crippen molar-refractivity contribution in [3.05, 3.63) is 35.0 Å². The molecule has 1 saturated heterocycles. The van der Waals surface area contributed by atoms with Gasteiger partial charge in [0.25, 0.3) is 11.8 Å². The van der Waals surface area contributed by atoms with Crippen molar-refractivity contribution in [2.45, 2.75) is 11.4 Å². The Bertz CT molecular complexity index is 1020. The number of thioether (sulfide) groups is 1. The molecule has 31 heavy (non-hydrogen) atoms. The summed E-state index contributed by atoms with van der Waals surface area (Å²) >= 11 is 2.35. The number of thiazole rings is 1. The van der Waals surface area contributed by atoms with E-state index >= 15 is 0 Å². The monoisotopic (exact) mass is 467 g/mol. The first-order valence-corrected chi connectivity index (χ1v) is 10.5. The van der Waals surface area contributed by atoms with Crippen molar-refractivity contribution < 1.29 is 33.9 Å². The molecule has 4 N–H and O–H groups in total. The van der Waals surface area contributed by atoms with Gasteiger partial charge in [0.05, 0.1) is 7.11 Å². The lowest BCUT2D eigenvalue weighted by Crippen LogP contribution is -2.71. The van der Waals surface area contributed by atoms with Crippen LogP contribution in [-0.2, 0) is 28.8 Å². The quantitative estimate of drug-likeness (QED) is 0.196. The third-order valence-corrected chi connectivity index (χ3v) is 6.25. The number of amides is 2. The number of nitrogens with two attached hydrogens (primary N) is 1. The number of carboxylic acids is 1. The van der Waals surface area contributed by atoms with Crippen molar-refractivity contribution in [1.29, 1.82) is 0 Å². The fourth-order valence-corrected chi connectivity index (χ4v) is 4.71. The average molecular weight is 467 g/mol. The normalized spacial score (nSPS) is 20.5. The highest BCUT2D eigenvalue weighted by atomic mass is 32.2. The number of esters is 1. The minimum Gasteiger partial charge on any atom is -0.477 e. The predicted octanol–water partition coefficient (Wildman–Crippen LogP) is -0.456. The van der Waals surface area contributed by atoms with Crippen LogP contribution in [-0.4, -0.2) is 75.3 Å². The van der Waals surface area contributed by atoms with E-state index in [1.807, 2.05) is 0 Å². The lowest BCUT2D eigenvalue weighted by atomic mass is 10.0. The lowest BCUT2D eigenvalue weighted by molar-refractivity contribution is -0.150. The topological polar surface area (TPSA) is 174 Å². The number of carbonyl (C=O) groups excluding carboxylic acids is 3. The summed E-state index contributed by atoms with van der Waals surface area (Å²) in [5.74, 6) is -3.04. The van der Waals surface area contributed by atoms with Crippen molar-refractivity contribution >= 4 is 57.7 Å². The molecule has 1 aromatic rings. The molecule has 2 atom stereocenters. The Kier molecular flexibility index (Phi) is 6.60. The van der Waals surface area contributed by atoms with Crippen LogP contribution in [0.1, 0.15) is 5.69 Å². The number of methoxy groups -OCH3 is 1. The standard InChI is InChI=1S/C17H17N5O7S2/c1-3-7-5-30-15-11(14(25)22(15)12(7)16(26)27)20-13(24)10(8-6-31-17(18)19-8)21-29-4-9(23)28-2/h3,6,11,15H,1,4-5H2,2H3,(H2,18,19)(H,20,24)(H,26,27)/b21-10-/t11-,15+/m0/s1. The Morgan fingerprint density at radius 1 is 1.52 bits per heavy atom. The van der Waals surface area contributed by atoms with Gasteiger partial charge in [-0.25, -0.2) is 14.6 Å². The van der Waals surface area contributed by atoms with Crippen LogP contribution in [0.25, 0.3) is 0 Å². The number of anilines is 1. The number of carbonyl (C=O) groups is 4. The van der Waals surface area contributed by atoms with E-state index in [2.05, 4.69) is 26.8 Å². The second-order valence-electron chi connectivity index (χ2n) is 6.10. The third-order valence-electron chi connectivity index (χ3n) is 4.28. The fraction of sp³-hybridized carbons (Fsp3) is 0.294. The van der Waals surface area contributed by atoms with Crippen molar-refractivity contribution in [3.8, 4) is 0 Å². The second-order valence-corrected chi connectivity index (χ2v) is 8.10. The molecule has 0 bridgehead atoms. The molecule has 164 valence electrons. The van der Waals surface area contributed by atoms with Gasteiger partial charge < -0.3 is 25.7 Å². The van der Waals surface area contributed by atoms with Gasteiger partial charge in [0.2, 0.25) is 6.61 Å². The molecule has 2 aliphatic heterocycles. The number of carboxylic acid groups (broad SMARTS) is 1.